The van der Waals surface area contributed by atoms with Crippen LogP contribution in [0.2, 0.25) is 0 Å². The summed E-state index contributed by atoms with van der Waals surface area (Å²) < 4.78 is 5.70. The van der Waals surface area contributed by atoms with Crippen LogP contribution in [0.25, 0.3) is 0 Å². The molecule has 0 bridgehead atoms. The van der Waals surface area contributed by atoms with Crippen molar-refractivity contribution >= 4 is 17.6 Å². The van der Waals surface area contributed by atoms with E-state index in [1.54, 1.807) is 0 Å². The highest BCUT2D eigenvalue weighted by Crippen LogP contribution is 2.17. The molecule has 0 aliphatic rings. The first kappa shape index (κ1) is 27.3. The Kier molecular flexibility index (Phi) is 14.5. The molecule has 1 rings (SSSR count). The number of carboxylic acids is 1. The number of benzene rings is 1. The number of carbonyl (C=O) groups is 2. The monoisotopic (exact) mass is 447 g/mol. The van der Waals surface area contributed by atoms with Gasteiger partial charge in [0.15, 0.2) is 0 Å². The zero-order valence-electron chi connectivity index (χ0n) is 19.2. The van der Waals surface area contributed by atoms with E-state index in [4.69, 9.17) is 9.84 Å². The van der Waals surface area contributed by atoms with Gasteiger partial charge in [-0.05, 0) is 44.2 Å². The fourth-order valence-electron chi connectivity index (χ4n) is 3.40. The molecule has 7 nitrogen and oxygen atoms in total. The number of nitro benzene ring substituents is 1. The summed E-state index contributed by atoms with van der Waals surface area (Å²) in [4.78, 5) is 33.2. The van der Waals surface area contributed by atoms with Gasteiger partial charge in [-0.15, -0.1) is 0 Å². The molecule has 0 amide bonds. The standard InChI is InChI=1S/C25H37NO6/c1-2-3-4-11-14-23(15-12-9-7-5-6-8-10-13-16-24(27)28)32-25(29)21-17-19-22(20-18-21)26(30)31/h9,12,17-20,23H,2-8,10-11,13-16H2,1H3,(H,27,28). The molecule has 0 radical (unpaired) electrons. The normalized spacial score (nSPS) is 12.0. The number of aliphatic carboxylic acids is 1. The maximum Gasteiger partial charge on any atom is 0.338 e. The Balaban J connectivity index is 2.42. The van der Waals surface area contributed by atoms with Crippen LogP contribution < -0.4 is 0 Å². The lowest BCUT2D eigenvalue weighted by Gasteiger charge is -2.16. The van der Waals surface area contributed by atoms with Crippen molar-refractivity contribution in [1.29, 1.82) is 0 Å². The Bertz CT molecular complexity index is 714. The van der Waals surface area contributed by atoms with Crippen molar-refractivity contribution in [3.05, 3.63) is 52.1 Å². The quantitative estimate of drug-likeness (QED) is 0.0866. The van der Waals surface area contributed by atoms with Crippen molar-refractivity contribution < 1.29 is 24.4 Å². The van der Waals surface area contributed by atoms with Crippen molar-refractivity contribution in [3.63, 3.8) is 0 Å². The van der Waals surface area contributed by atoms with Gasteiger partial charge in [-0.3, -0.25) is 14.9 Å². The van der Waals surface area contributed by atoms with Gasteiger partial charge in [0.1, 0.15) is 6.10 Å². The van der Waals surface area contributed by atoms with E-state index in [2.05, 4.69) is 19.1 Å². The third-order valence-corrected chi connectivity index (χ3v) is 5.29. The minimum Gasteiger partial charge on any atom is -0.481 e. The molecule has 1 unspecified atom stereocenters. The highest BCUT2D eigenvalue weighted by Gasteiger charge is 2.16. The number of hydrogen-bond donors (Lipinski definition) is 1. The van der Waals surface area contributed by atoms with E-state index in [-0.39, 0.29) is 18.2 Å². The Labute approximate surface area is 191 Å². The van der Waals surface area contributed by atoms with Crippen LogP contribution in [0.1, 0.15) is 101 Å². The lowest BCUT2D eigenvalue weighted by Crippen LogP contribution is -2.18. The molecule has 32 heavy (non-hydrogen) atoms. The second kappa shape index (κ2) is 16.9. The molecule has 0 heterocycles. The molecular weight excluding hydrogens is 410 g/mol. The lowest BCUT2D eigenvalue weighted by molar-refractivity contribution is -0.384. The molecule has 0 spiro atoms. The van der Waals surface area contributed by atoms with Crippen LogP contribution in [0.15, 0.2) is 36.4 Å². The first-order valence-electron chi connectivity index (χ1n) is 11.8. The summed E-state index contributed by atoms with van der Waals surface area (Å²) in [5.74, 6) is -1.18. The van der Waals surface area contributed by atoms with E-state index in [0.717, 1.165) is 70.6 Å². The molecule has 1 aromatic carbocycles. The summed E-state index contributed by atoms with van der Waals surface area (Å²) in [5, 5.41) is 19.4. The van der Waals surface area contributed by atoms with Gasteiger partial charge in [0.2, 0.25) is 0 Å². The highest BCUT2D eigenvalue weighted by molar-refractivity contribution is 5.89. The lowest BCUT2D eigenvalue weighted by atomic mass is 10.1. The summed E-state index contributed by atoms with van der Waals surface area (Å²) in [6.07, 6.45) is 15.9. The van der Waals surface area contributed by atoms with Crippen LogP contribution in [0.4, 0.5) is 5.69 Å². The number of allylic oxidation sites excluding steroid dienone is 1. The van der Waals surface area contributed by atoms with Crippen LogP contribution in [-0.4, -0.2) is 28.1 Å². The molecule has 0 saturated carbocycles. The van der Waals surface area contributed by atoms with Crippen LogP contribution in [-0.2, 0) is 9.53 Å². The molecule has 1 atom stereocenters. The maximum atomic E-state index is 12.5. The largest absolute Gasteiger partial charge is 0.481 e. The van der Waals surface area contributed by atoms with E-state index in [0.29, 0.717) is 12.0 Å². The predicted octanol–water partition coefficient (Wildman–Crippen LogP) is 6.85. The average molecular weight is 448 g/mol. The smallest absolute Gasteiger partial charge is 0.338 e. The zero-order valence-corrected chi connectivity index (χ0v) is 19.2. The van der Waals surface area contributed by atoms with E-state index in [9.17, 15) is 19.7 Å². The second-order valence-electron chi connectivity index (χ2n) is 8.09. The minimum atomic E-state index is -0.730. The number of ether oxygens (including phenoxy) is 1. The van der Waals surface area contributed by atoms with Gasteiger partial charge in [0.25, 0.3) is 5.69 Å². The zero-order chi connectivity index (χ0) is 23.6. The number of non-ortho nitro benzene ring substituents is 1. The van der Waals surface area contributed by atoms with E-state index in [1.807, 2.05) is 0 Å². The number of esters is 1. The second-order valence-corrected chi connectivity index (χ2v) is 8.09. The fourth-order valence-corrected chi connectivity index (χ4v) is 3.40. The number of unbranched alkanes of at least 4 members (excludes halogenated alkanes) is 8. The van der Waals surface area contributed by atoms with Crippen LogP contribution in [0.3, 0.4) is 0 Å². The van der Waals surface area contributed by atoms with E-state index in [1.165, 1.54) is 24.3 Å². The molecule has 0 aliphatic carbocycles. The Morgan fingerprint density at radius 1 is 1.00 bits per heavy atom. The number of nitrogens with zero attached hydrogens (tertiary/aromatic N) is 1. The van der Waals surface area contributed by atoms with Gasteiger partial charge in [-0.2, -0.15) is 0 Å². The van der Waals surface area contributed by atoms with Crippen molar-refractivity contribution in [1.82, 2.24) is 0 Å². The number of hydrogen-bond acceptors (Lipinski definition) is 5. The molecule has 0 aromatic heterocycles. The Hall–Kier alpha value is -2.70. The summed E-state index contributed by atoms with van der Waals surface area (Å²) in [6, 6.07) is 5.49. The molecule has 178 valence electrons. The number of carbonyl (C=O) groups excluding carboxylic acids is 1. The SMILES string of the molecule is CCCCCCC(CC=CCCCCCCCC(=O)O)OC(=O)c1ccc([N+](=O)[O-])cc1. The van der Waals surface area contributed by atoms with Crippen molar-refractivity contribution in [3.8, 4) is 0 Å². The molecule has 0 saturated heterocycles. The number of rotatable bonds is 18. The van der Waals surface area contributed by atoms with Gasteiger partial charge >= 0.3 is 11.9 Å². The number of carboxylic acid groups (broad SMARTS) is 1. The van der Waals surface area contributed by atoms with E-state index < -0.39 is 16.9 Å². The minimum absolute atomic E-state index is 0.0533. The van der Waals surface area contributed by atoms with Crippen molar-refractivity contribution in [2.75, 3.05) is 0 Å². The molecule has 1 aromatic rings. The molecular formula is C25H37NO6. The van der Waals surface area contributed by atoms with Gasteiger partial charge in [-0.25, -0.2) is 4.79 Å². The summed E-state index contributed by atoms with van der Waals surface area (Å²) in [5.41, 5.74) is 0.267. The maximum absolute atomic E-state index is 12.5. The third kappa shape index (κ3) is 12.9. The number of nitro groups is 1. The predicted molar refractivity (Wildman–Crippen MR) is 125 cm³/mol. The van der Waals surface area contributed by atoms with Crippen LogP contribution in [0, 0.1) is 10.1 Å². The average Bonchev–Trinajstić information content (AvgIpc) is 2.77. The van der Waals surface area contributed by atoms with Gasteiger partial charge in [-0.1, -0.05) is 57.6 Å². The van der Waals surface area contributed by atoms with Gasteiger partial charge in [0, 0.05) is 25.0 Å². The van der Waals surface area contributed by atoms with Crippen molar-refractivity contribution in [2.24, 2.45) is 0 Å². The van der Waals surface area contributed by atoms with E-state index >= 15 is 0 Å². The summed E-state index contributed by atoms with van der Waals surface area (Å²) >= 11 is 0. The topological polar surface area (TPSA) is 107 Å². The third-order valence-electron chi connectivity index (χ3n) is 5.29. The molecule has 0 fully saturated rings. The van der Waals surface area contributed by atoms with Crippen molar-refractivity contribution in [2.45, 2.75) is 96.5 Å². The molecule has 7 heteroatoms. The first-order chi connectivity index (χ1) is 15.4. The van der Waals surface area contributed by atoms with Gasteiger partial charge < -0.3 is 9.84 Å². The highest BCUT2D eigenvalue weighted by atomic mass is 16.6. The molecule has 0 aliphatic heterocycles. The molecule has 1 N–H and O–H groups in total. The Morgan fingerprint density at radius 3 is 2.31 bits per heavy atom. The fraction of sp³-hybridized carbons (Fsp3) is 0.600. The van der Waals surface area contributed by atoms with Crippen LogP contribution >= 0.6 is 0 Å². The van der Waals surface area contributed by atoms with Crippen LogP contribution in [0.5, 0.6) is 0 Å². The summed E-state index contributed by atoms with van der Waals surface area (Å²) in [6.45, 7) is 2.15. The van der Waals surface area contributed by atoms with Gasteiger partial charge in [0.05, 0.1) is 10.5 Å². The first-order valence-corrected chi connectivity index (χ1v) is 11.8. The Morgan fingerprint density at radius 2 is 1.66 bits per heavy atom. The summed E-state index contributed by atoms with van der Waals surface area (Å²) in [7, 11) is 0.